The molecule has 7 aromatic carbocycles. The van der Waals surface area contributed by atoms with Crippen molar-refractivity contribution < 1.29 is 107 Å². The summed E-state index contributed by atoms with van der Waals surface area (Å²) in [5.41, 5.74) is 8.72. The van der Waals surface area contributed by atoms with E-state index in [-0.39, 0.29) is 89.6 Å². The van der Waals surface area contributed by atoms with Crippen molar-refractivity contribution in [3.8, 4) is 44.5 Å². The number of carboxylic acids is 1. The molecular weight excluding hydrogens is 1780 g/mol. The van der Waals surface area contributed by atoms with Gasteiger partial charge < -0.3 is 69.2 Å². The number of esters is 4. The molecule has 0 unspecified atom stereocenters. The number of aromatic nitrogens is 4. The third-order valence-electron chi connectivity index (χ3n) is 18.8. The molecule has 14 rings (SSSR count). The Morgan fingerprint density at radius 2 is 0.844 bits per heavy atom. The van der Waals surface area contributed by atoms with Gasteiger partial charge >= 0.3 is 59.0 Å². The second-order valence-electron chi connectivity index (χ2n) is 34.9. The van der Waals surface area contributed by atoms with Gasteiger partial charge in [-0.1, -0.05) is 146 Å². The van der Waals surface area contributed by atoms with E-state index in [1.54, 1.807) is 239 Å². The third-order valence-corrected chi connectivity index (χ3v) is 19.6. The number of ether oxygens (including phenoxy) is 5. The average Bonchev–Trinajstić information content (AvgIpc) is 1.61. The molecule has 128 heavy (non-hydrogen) atoms. The molecule has 0 spiro atoms. The molecule has 0 fully saturated rings. The standard InChI is InChI=1S/C30H34ClNO6.C23H28N2O6.C20H15ClN2O3.C18H20N2O4.C6H4Cl.BrH.Mg/c1-18-26(22-10-8-9-11-23(22)27(35)19-12-14-21(31)15-13-19)28(38-32-18)20(16-24(33)36-29(2,3)4)17-25(34)37-30(5,6)7;1-13-18-14-10-8-9-11-15(14)20(27)25(21(28)30-23(5,6)7)16(19(18)31-24-13)12-17(26)29-22(2,3)4;1-11-18-14-4-2-3-5-15(14)19(12-6-8-13(21)9-7-12)22-16(10-17(24)25)20(18)26-23-11;1-10-15-11-7-5-6-8-12(11)17(22)19-13(16(15)24-20-10)9-14(21)23-18(2,3)4;7-6-4-2-1-3-5-6;;/h8-15,20H,16-17H2,1-7H3;8-11,16H,12H2,1-7H3;2-9,16H,10H2,1H3,(H,24,25);5-8,13H,9H2,1-4H3,(H,19,22);2-5H;1H;/q;;;;-1;;+2/p-1/t;2*16-;13-;;;/m.000.../s1. The first-order chi connectivity index (χ1) is 59.1. The molecule has 3 aliphatic rings. The summed E-state index contributed by atoms with van der Waals surface area (Å²) in [7, 11) is 0. The van der Waals surface area contributed by atoms with Gasteiger partial charge in [-0.25, -0.2) is 9.69 Å². The monoisotopic (exact) mass is 1880 g/mol. The van der Waals surface area contributed by atoms with Gasteiger partial charge in [0, 0.05) is 54.9 Å². The predicted molar refractivity (Wildman–Crippen MR) is 480 cm³/mol. The number of aliphatic carboxylic acids is 1. The van der Waals surface area contributed by atoms with Gasteiger partial charge in [0.1, 0.15) is 51.9 Å². The van der Waals surface area contributed by atoms with Crippen LogP contribution in [0.15, 0.2) is 193 Å². The Hall–Kier alpha value is -11.4. The van der Waals surface area contributed by atoms with Crippen LogP contribution in [0.4, 0.5) is 4.79 Å². The topological polar surface area (TPSA) is 352 Å². The number of nitrogens with zero attached hydrogens (tertiary/aromatic N) is 6. The molecule has 0 aliphatic carbocycles. The quantitative estimate of drug-likeness (QED) is 0.0316. The Kier molecular flexibility index (Phi) is 34.4. The van der Waals surface area contributed by atoms with Gasteiger partial charge in [-0.3, -0.25) is 43.3 Å². The molecule has 3 atom stereocenters. The number of nitrogens with one attached hydrogen (secondary N) is 1. The van der Waals surface area contributed by atoms with Crippen LogP contribution in [-0.4, -0.2) is 141 Å². The number of rotatable bonds is 15. The van der Waals surface area contributed by atoms with Gasteiger partial charge in [0.25, 0.3) is 11.8 Å². The van der Waals surface area contributed by atoms with E-state index in [1.165, 1.54) is 0 Å². The maximum absolute atomic E-state index is 13.5. The fourth-order valence-corrected chi connectivity index (χ4v) is 14.4. The smallest absolute Gasteiger partial charge is 1.00 e. The number of carboxylic acid groups (broad SMARTS) is 1. The zero-order chi connectivity index (χ0) is 92.2. The molecule has 31 heteroatoms. The van der Waals surface area contributed by atoms with E-state index in [4.69, 9.17) is 81.6 Å². The Balaban J connectivity index is 0.000000207. The van der Waals surface area contributed by atoms with Crippen LogP contribution < -0.4 is 22.3 Å². The second-order valence-corrected chi connectivity index (χ2v) is 36.2. The Morgan fingerprint density at radius 3 is 1.34 bits per heavy atom. The number of imide groups is 1. The summed E-state index contributed by atoms with van der Waals surface area (Å²) < 4.78 is 49.6. The van der Waals surface area contributed by atoms with E-state index in [2.05, 4.69) is 32.0 Å². The van der Waals surface area contributed by atoms with Crippen molar-refractivity contribution in [2.45, 2.75) is 216 Å². The van der Waals surface area contributed by atoms with E-state index in [0.717, 1.165) is 49.0 Å². The summed E-state index contributed by atoms with van der Waals surface area (Å²) in [6.07, 6.45) is -1.62. The minimum Gasteiger partial charge on any atom is -1.00 e. The van der Waals surface area contributed by atoms with Crippen molar-refractivity contribution in [3.63, 3.8) is 0 Å². The number of ketones is 1. The number of benzene rings is 7. The molecule has 668 valence electrons. The SMILES string of the molecule is Cc1noc(C(CC(=O)OC(C)(C)C)CC(=O)OC(C)(C)C)c1-c1ccccc1C(=O)c1ccc(Cl)cc1.Cc1noc2c1-c1ccccc1C(=O)N(C(=O)OC(C)(C)C)[C@H]2CC(=O)OC(C)(C)C.Cc1noc2c1-c1ccccc1C(=O)N[C@H]2CC(=O)OC(C)(C)C.Cc1noc2c1-c1ccccc1C(c1ccc(Cl)cc1)=N[C@H]2CC(=O)O.Clc1cc[c-]cc1.[Br-].[Mg+2]. The maximum Gasteiger partial charge on any atom is 2.00 e. The van der Waals surface area contributed by atoms with E-state index in [1.807, 2.05) is 62.4 Å². The van der Waals surface area contributed by atoms with Gasteiger partial charge in [-0.15, -0.1) is 11.6 Å². The molecule has 3 amide bonds. The Bertz CT molecular complexity index is 5840. The molecule has 0 saturated carbocycles. The Morgan fingerprint density at radius 1 is 0.453 bits per heavy atom. The summed E-state index contributed by atoms with van der Waals surface area (Å²) in [5, 5.41) is 30.4. The van der Waals surface area contributed by atoms with Gasteiger partial charge in [0.05, 0.1) is 77.3 Å². The molecule has 0 saturated heterocycles. The molecule has 2 N–H and O–H groups in total. The molecule has 26 nitrogen and oxygen atoms in total. The van der Waals surface area contributed by atoms with Gasteiger partial charge in [-0.05, 0) is 202 Å². The Labute approximate surface area is 784 Å². The van der Waals surface area contributed by atoms with Crippen LogP contribution >= 0.6 is 34.8 Å². The summed E-state index contributed by atoms with van der Waals surface area (Å²) in [6.45, 7) is 33.6. The summed E-state index contributed by atoms with van der Waals surface area (Å²) in [5.74, 6) is -3.14. The summed E-state index contributed by atoms with van der Waals surface area (Å²) >= 11 is 17.5. The van der Waals surface area contributed by atoms with Crippen molar-refractivity contribution in [1.29, 1.82) is 0 Å². The number of amides is 3. The largest absolute Gasteiger partial charge is 2.00 e. The predicted octanol–water partition coefficient (Wildman–Crippen LogP) is 18.5. The molecular formula is C97H101BrCl3MgN7O19. The van der Waals surface area contributed by atoms with Crippen LogP contribution in [0.25, 0.3) is 44.5 Å². The van der Waals surface area contributed by atoms with Gasteiger partial charge in [-0.2, -0.15) is 30.3 Å². The van der Waals surface area contributed by atoms with Gasteiger partial charge in [0.15, 0.2) is 23.1 Å². The van der Waals surface area contributed by atoms with Crippen LogP contribution in [0.3, 0.4) is 0 Å². The van der Waals surface area contributed by atoms with E-state index in [9.17, 15) is 48.3 Å². The van der Waals surface area contributed by atoms with Crippen molar-refractivity contribution in [3.05, 3.63) is 270 Å². The number of hydrogen-bond donors (Lipinski definition) is 2. The number of aliphatic imine (C=N–C) groups is 1. The van der Waals surface area contributed by atoms with Crippen LogP contribution in [0.5, 0.6) is 0 Å². The first-order valence-electron chi connectivity index (χ1n) is 40.6. The average molecular weight is 1880 g/mol. The van der Waals surface area contributed by atoms with Crippen molar-refractivity contribution in [2.24, 2.45) is 4.99 Å². The first-order valence-corrected chi connectivity index (χ1v) is 41.7. The van der Waals surface area contributed by atoms with Crippen LogP contribution in [0.2, 0.25) is 15.1 Å². The van der Waals surface area contributed by atoms with Crippen LogP contribution in [-0.2, 0) is 47.7 Å². The molecule has 0 radical (unpaired) electrons. The normalized spacial score (nSPS) is 14.3. The zero-order valence-electron chi connectivity index (χ0n) is 74.7. The third kappa shape index (κ3) is 27.1. The van der Waals surface area contributed by atoms with Gasteiger partial charge in [0.2, 0.25) is 0 Å². The fraction of sp³-hybridized carbons (Fsp3) is 0.340. The summed E-state index contributed by atoms with van der Waals surface area (Å²) in [6, 6.07) is 50.7. The number of fused-ring (bicyclic) bond motifs is 9. The van der Waals surface area contributed by atoms with E-state index >= 15 is 0 Å². The van der Waals surface area contributed by atoms with Crippen LogP contribution in [0, 0.1) is 33.8 Å². The zero-order valence-corrected chi connectivity index (χ0v) is 80.0. The van der Waals surface area contributed by atoms with Crippen molar-refractivity contribution >= 4 is 117 Å². The molecule has 11 aromatic rings. The maximum atomic E-state index is 13.5. The number of aryl methyl sites for hydroxylation is 4. The molecule has 4 aromatic heterocycles. The number of carbonyl (C=O) groups is 9. The van der Waals surface area contributed by atoms with E-state index in [0.29, 0.717) is 94.6 Å². The fourth-order valence-electron chi connectivity index (χ4n) is 14.0. The molecule has 7 heterocycles. The second kappa shape index (κ2) is 43.1. The molecule has 0 bridgehead atoms. The minimum atomic E-state index is -1.07. The van der Waals surface area contributed by atoms with Crippen molar-refractivity contribution in [2.75, 3.05) is 0 Å². The summed E-state index contributed by atoms with van der Waals surface area (Å²) in [4.78, 5) is 120. The molecule has 3 aliphatic heterocycles. The minimum absolute atomic E-state index is 0. The van der Waals surface area contributed by atoms with E-state index < -0.39 is 93.9 Å². The first kappa shape index (κ1) is 102. The number of hydrogen-bond acceptors (Lipinski definition) is 23. The van der Waals surface area contributed by atoms with Crippen LogP contribution in [0.1, 0.15) is 254 Å². The van der Waals surface area contributed by atoms with Crippen molar-refractivity contribution in [1.82, 2.24) is 30.8 Å². The number of carbonyl (C=O) groups excluding carboxylic acids is 8. The number of halogens is 4.